The minimum atomic E-state index is -3.29. The Bertz CT molecular complexity index is 1050. The van der Waals surface area contributed by atoms with Gasteiger partial charge in [-0.1, -0.05) is 24.3 Å². The van der Waals surface area contributed by atoms with E-state index in [9.17, 15) is 28.2 Å². The Kier molecular flexibility index (Phi) is 4.90. The number of hydrogen-bond acceptors (Lipinski definition) is 8. The molecule has 1 unspecified atom stereocenters. The van der Waals surface area contributed by atoms with Gasteiger partial charge in [0.05, 0.1) is 11.8 Å². The van der Waals surface area contributed by atoms with E-state index in [1.165, 1.54) is 6.07 Å². The molecule has 8 nitrogen and oxygen atoms in total. The van der Waals surface area contributed by atoms with Gasteiger partial charge in [0.15, 0.2) is 27.1 Å². The van der Waals surface area contributed by atoms with Crippen LogP contribution in [0.15, 0.2) is 40.8 Å². The van der Waals surface area contributed by atoms with Gasteiger partial charge in [-0.25, -0.2) is 13.2 Å². The zero-order valence-electron chi connectivity index (χ0n) is 14.2. The van der Waals surface area contributed by atoms with Gasteiger partial charge < -0.3 is 19.4 Å². The molecule has 3 rings (SSSR count). The first-order chi connectivity index (χ1) is 12.7. The van der Waals surface area contributed by atoms with Crippen molar-refractivity contribution in [1.29, 1.82) is 0 Å². The number of ether oxygens (including phenoxy) is 1. The minimum absolute atomic E-state index is 0.124. The van der Waals surface area contributed by atoms with Crippen LogP contribution in [0.3, 0.4) is 0 Å². The molecule has 0 saturated carbocycles. The molecule has 0 radical (unpaired) electrons. The van der Waals surface area contributed by atoms with Gasteiger partial charge in [0.1, 0.15) is 12.7 Å². The summed E-state index contributed by atoms with van der Waals surface area (Å²) < 4.78 is 32.0. The zero-order chi connectivity index (χ0) is 19.8. The minimum Gasteiger partial charge on any atom is -0.504 e. The largest absolute Gasteiger partial charge is 0.504 e. The molecule has 1 atom stereocenters. The summed E-state index contributed by atoms with van der Waals surface area (Å²) in [5.74, 6) is -2.69. The van der Waals surface area contributed by atoms with Crippen LogP contribution in [0.4, 0.5) is 0 Å². The molecule has 1 aromatic heterocycles. The molecular formula is C18H16O8S. The molecule has 2 N–H and O–H groups in total. The van der Waals surface area contributed by atoms with Gasteiger partial charge >= 0.3 is 5.97 Å². The van der Waals surface area contributed by atoms with Crippen molar-refractivity contribution in [2.45, 2.75) is 6.10 Å². The molecule has 0 amide bonds. The molecule has 9 heteroatoms. The summed E-state index contributed by atoms with van der Waals surface area (Å²) in [6.07, 6.45) is 0.596. The monoisotopic (exact) mass is 392 g/mol. The van der Waals surface area contributed by atoms with Crippen molar-refractivity contribution in [2.24, 2.45) is 0 Å². The second kappa shape index (κ2) is 7.01. The number of hydrogen-bond donors (Lipinski definition) is 2. The van der Waals surface area contributed by atoms with E-state index in [-0.39, 0.29) is 29.4 Å². The lowest BCUT2D eigenvalue weighted by molar-refractivity contribution is -0.137. The summed E-state index contributed by atoms with van der Waals surface area (Å²) in [5, 5.41) is 20.5. The third kappa shape index (κ3) is 3.93. The highest BCUT2D eigenvalue weighted by Gasteiger charge is 2.34. The Balaban J connectivity index is 1.81. The highest BCUT2D eigenvalue weighted by Crippen LogP contribution is 2.37. The topological polar surface area (TPSA) is 131 Å². The zero-order valence-corrected chi connectivity index (χ0v) is 15.0. The standard InChI is InChI=1S/C18H16O8S/c1-27(23,24)7-6-25-15(20)9-13(19)14-8-12-16(21)10-4-2-3-5-11(10)17(22)18(12)26-14/h2-5,8-9,16,19,21H,6-7H2,1H3/b13-9-. The normalized spacial score (nSPS) is 16.6. The summed E-state index contributed by atoms with van der Waals surface area (Å²) in [7, 11) is -3.29. The number of esters is 1. The van der Waals surface area contributed by atoms with Crippen molar-refractivity contribution in [2.75, 3.05) is 18.6 Å². The number of aliphatic hydroxyl groups is 2. The van der Waals surface area contributed by atoms with Gasteiger partial charge in [-0.2, -0.15) is 0 Å². The van der Waals surface area contributed by atoms with Crippen molar-refractivity contribution in [1.82, 2.24) is 0 Å². The van der Waals surface area contributed by atoms with E-state index in [0.717, 1.165) is 6.26 Å². The Hall–Kier alpha value is -2.91. The number of ketones is 1. The van der Waals surface area contributed by atoms with Gasteiger partial charge in [-0.05, 0) is 11.6 Å². The smallest absolute Gasteiger partial charge is 0.334 e. The average Bonchev–Trinajstić information content (AvgIpc) is 3.04. The van der Waals surface area contributed by atoms with Crippen LogP contribution in [0.5, 0.6) is 0 Å². The molecule has 1 aliphatic carbocycles. The van der Waals surface area contributed by atoms with E-state index in [0.29, 0.717) is 17.2 Å². The van der Waals surface area contributed by atoms with Crippen molar-refractivity contribution in [3.05, 3.63) is 64.6 Å². The number of aliphatic hydroxyl groups excluding tert-OH is 2. The number of rotatable bonds is 5. The third-order valence-electron chi connectivity index (χ3n) is 3.97. The van der Waals surface area contributed by atoms with Crippen molar-refractivity contribution < 1.29 is 37.4 Å². The van der Waals surface area contributed by atoms with Gasteiger partial charge in [-0.3, -0.25) is 4.79 Å². The molecule has 1 aromatic carbocycles. The second-order valence-corrected chi connectivity index (χ2v) is 8.30. The van der Waals surface area contributed by atoms with Crippen molar-refractivity contribution >= 4 is 27.3 Å². The maximum absolute atomic E-state index is 12.5. The van der Waals surface area contributed by atoms with Crippen LogP contribution in [-0.4, -0.2) is 49.0 Å². The van der Waals surface area contributed by atoms with Crippen LogP contribution in [-0.2, 0) is 19.4 Å². The molecule has 0 fully saturated rings. The Morgan fingerprint density at radius 3 is 2.70 bits per heavy atom. The van der Waals surface area contributed by atoms with Crippen molar-refractivity contribution in [3.63, 3.8) is 0 Å². The average molecular weight is 392 g/mol. The number of carbonyl (C=O) groups is 2. The second-order valence-electron chi connectivity index (χ2n) is 6.04. The fraction of sp³-hybridized carbons (Fsp3) is 0.222. The van der Waals surface area contributed by atoms with E-state index in [4.69, 9.17) is 9.15 Å². The lowest BCUT2D eigenvalue weighted by Crippen LogP contribution is -2.17. The maximum atomic E-state index is 12.5. The molecule has 142 valence electrons. The number of furan rings is 1. The lowest BCUT2D eigenvalue weighted by atomic mass is 9.87. The first-order valence-corrected chi connectivity index (χ1v) is 9.94. The summed E-state index contributed by atoms with van der Waals surface area (Å²) in [6.45, 7) is -0.359. The van der Waals surface area contributed by atoms with Crippen LogP contribution in [0, 0.1) is 0 Å². The molecule has 27 heavy (non-hydrogen) atoms. The molecule has 0 bridgehead atoms. The third-order valence-corrected chi connectivity index (χ3v) is 4.88. The van der Waals surface area contributed by atoms with Gasteiger partial charge in [0.2, 0.25) is 5.78 Å². The highest BCUT2D eigenvalue weighted by atomic mass is 32.2. The van der Waals surface area contributed by atoms with Crippen LogP contribution < -0.4 is 0 Å². The first kappa shape index (κ1) is 18.9. The van der Waals surface area contributed by atoms with Gasteiger partial charge in [-0.15, -0.1) is 0 Å². The fourth-order valence-corrected chi connectivity index (χ4v) is 3.05. The molecule has 0 saturated heterocycles. The molecular weight excluding hydrogens is 376 g/mol. The first-order valence-electron chi connectivity index (χ1n) is 7.88. The molecule has 1 aliphatic rings. The number of fused-ring (bicyclic) bond motifs is 2. The molecule has 0 spiro atoms. The van der Waals surface area contributed by atoms with Gasteiger partial charge in [0, 0.05) is 17.4 Å². The summed E-state index contributed by atoms with van der Waals surface area (Å²) in [6, 6.07) is 7.78. The Morgan fingerprint density at radius 1 is 1.30 bits per heavy atom. The molecule has 2 aromatic rings. The summed E-state index contributed by atoms with van der Waals surface area (Å²) >= 11 is 0. The van der Waals surface area contributed by atoms with E-state index in [1.807, 2.05) is 0 Å². The molecule has 1 heterocycles. The Labute approximate surface area is 154 Å². The summed E-state index contributed by atoms with van der Waals surface area (Å²) in [5.41, 5.74) is 0.896. The number of carbonyl (C=O) groups excluding carboxylic acids is 2. The van der Waals surface area contributed by atoms with Crippen molar-refractivity contribution in [3.8, 4) is 0 Å². The van der Waals surface area contributed by atoms with Crippen LogP contribution in [0.25, 0.3) is 5.76 Å². The van der Waals surface area contributed by atoms with E-state index in [2.05, 4.69) is 0 Å². The highest BCUT2D eigenvalue weighted by molar-refractivity contribution is 7.90. The summed E-state index contributed by atoms with van der Waals surface area (Å²) in [4.78, 5) is 24.1. The van der Waals surface area contributed by atoms with Crippen LogP contribution in [0.2, 0.25) is 0 Å². The number of sulfone groups is 1. The van der Waals surface area contributed by atoms with E-state index in [1.54, 1.807) is 24.3 Å². The van der Waals surface area contributed by atoms with Crippen LogP contribution in [0.1, 0.15) is 39.1 Å². The van der Waals surface area contributed by atoms with E-state index < -0.39 is 33.5 Å². The predicted molar refractivity (Wildman–Crippen MR) is 93.9 cm³/mol. The maximum Gasteiger partial charge on any atom is 0.334 e. The fourth-order valence-electron chi connectivity index (χ4n) is 2.66. The quantitative estimate of drug-likeness (QED) is 0.443. The van der Waals surface area contributed by atoms with E-state index >= 15 is 0 Å². The van der Waals surface area contributed by atoms with Gasteiger partial charge in [0.25, 0.3) is 0 Å². The Morgan fingerprint density at radius 2 is 2.00 bits per heavy atom. The SMILES string of the molecule is CS(=O)(=O)CCOC(=O)/C=C(\O)c1cc2c(o1)C(=O)c1ccccc1C2O. The van der Waals surface area contributed by atoms with Crippen LogP contribution >= 0.6 is 0 Å². The molecule has 0 aliphatic heterocycles. The lowest BCUT2D eigenvalue weighted by Gasteiger charge is -2.19. The number of benzene rings is 1. The predicted octanol–water partition coefficient (Wildman–Crippen LogP) is 1.39.